The number of nitrogens with one attached hydrogen (secondary N) is 2. The first-order valence-corrected chi connectivity index (χ1v) is 7.10. The van der Waals surface area contributed by atoms with Gasteiger partial charge in [0.25, 0.3) is 10.2 Å². The van der Waals surface area contributed by atoms with Crippen LogP contribution in [-0.4, -0.2) is 32.1 Å². The first kappa shape index (κ1) is 14.4. The summed E-state index contributed by atoms with van der Waals surface area (Å²) in [7, 11) is -3.62. The van der Waals surface area contributed by atoms with E-state index in [-0.39, 0.29) is 6.04 Å². The Balaban J connectivity index is 2.47. The van der Waals surface area contributed by atoms with Gasteiger partial charge in [-0.2, -0.15) is 17.9 Å². The topological polar surface area (TPSA) is 84.5 Å². The molecule has 0 aromatic carbocycles. The molecule has 0 unspecified atom stereocenters. The summed E-state index contributed by atoms with van der Waals surface area (Å²) in [4.78, 5) is 11.6. The lowest BCUT2D eigenvalue weighted by molar-refractivity contribution is -0.156. The molecule has 1 fully saturated rings. The third-order valence-electron chi connectivity index (χ3n) is 1.99. The first-order valence-electron chi connectivity index (χ1n) is 5.61. The number of carbonyl (C=O) groups is 1. The van der Waals surface area contributed by atoms with Gasteiger partial charge in [-0.05, 0) is 40.5 Å². The van der Waals surface area contributed by atoms with Crippen LogP contribution in [-0.2, 0) is 19.7 Å². The Kier molecular flexibility index (Phi) is 4.16. The molecule has 1 atom stereocenters. The van der Waals surface area contributed by atoms with Gasteiger partial charge in [0.15, 0.2) is 0 Å². The van der Waals surface area contributed by atoms with Crippen molar-refractivity contribution in [2.75, 3.05) is 0 Å². The van der Waals surface area contributed by atoms with Crippen LogP contribution in [0.2, 0.25) is 0 Å². The van der Waals surface area contributed by atoms with Crippen LogP contribution < -0.4 is 9.44 Å². The van der Waals surface area contributed by atoms with Gasteiger partial charge in [0.1, 0.15) is 11.6 Å². The standard InChI is InChI=1S/C10H20N2O4S/c1-7(9(13)16-10(2,3)4)11-17(14,15)12-8-5-6-8/h7-8,11-12H,5-6H2,1-4H3/t7-/m1/s1. The summed E-state index contributed by atoms with van der Waals surface area (Å²) >= 11 is 0. The predicted molar refractivity (Wildman–Crippen MR) is 63.5 cm³/mol. The van der Waals surface area contributed by atoms with E-state index < -0.39 is 27.8 Å². The first-order chi connectivity index (χ1) is 7.59. The Hall–Kier alpha value is -0.660. The minimum atomic E-state index is -3.62. The van der Waals surface area contributed by atoms with Crippen LogP contribution in [0.5, 0.6) is 0 Å². The number of esters is 1. The van der Waals surface area contributed by atoms with Crippen molar-refractivity contribution >= 4 is 16.2 Å². The average molecular weight is 264 g/mol. The predicted octanol–water partition coefficient (Wildman–Crippen LogP) is 0.303. The van der Waals surface area contributed by atoms with Crippen LogP contribution in [0.4, 0.5) is 0 Å². The van der Waals surface area contributed by atoms with Gasteiger partial charge in [-0.15, -0.1) is 0 Å². The summed E-state index contributed by atoms with van der Waals surface area (Å²) in [5, 5.41) is 0. The molecule has 7 heteroatoms. The van der Waals surface area contributed by atoms with Gasteiger partial charge >= 0.3 is 5.97 Å². The molecule has 0 aliphatic heterocycles. The zero-order valence-corrected chi connectivity index (χ0v) is 11.4. The highest BCUT2D eigenvalue weighted by Gasteiger charge is 2.30. The average Bonchev–Trinajstić information content (AvgIpc) is 2.82. The molecule has 0 aromatic heterocycles. The Labute approximate surface area is 102 Å². The fourth-order valence-corrected chi connectivity index (χ4v) is 2.43. The van der Waals surface area contributed by atoms with E-state index in [0.717, 1.165) is 12.8 Å². The zero-order chi connectivity index (χ0) is 13.3. The van der Waals surface area contributed by atoms with Gasteiger partial charge in [0.2, 0.25) is 0 Å². The molecule has 0 aromatic rings. The molecule has 1 aliphatic carbocycles. The van der Waals surface area contributed by atoms with E-state index in [9.17, 15) is 13.2 Å². The summed E-state index contributed by atoms with van der Waals surface area (Å²) in [5.74, 6) is -0.585. The van der Waals surface area contributed by atoms with Crippen LogP contribution in [0.1, 0.15) is 40.5 Å². The number of carbonyl (C=O) groups excluding carboxylic acids is 1. The van der Waals surface area contributed by atoms with Gasteiger partial charge in [-0.25, -0.2) is 0 Å². The molecule has 100 valence electrons. The molecule has 17 heavy (non-hydrogen) atoms. The number of ether oxygens (including phenoxy) is 1. The van der Waals surface area contributed by atoms with E-state index in [4.69, 9.17) is 4.74 Å². The lowest BCUT2D eigenvalue weighted by Gasteiger charge is -2.22. The van der Waals surface area contributed by atoms with E-state index in [2.05, 4.69) is 9.44 Å². The summed E-state index contributed by atoms with van der Waals surface area (Å²) in [5.41, 5.74) is -0.624. The van der Waals surface area contributed by atoms with Gasteiger partial charge in [-0.3, -0.25) is 4.79 Å². The third-order valence-corrected chi connectivity index (χ3v) is 3.30. The molecule has 0 heterocycles. The highest BCUT2D eigenvalue weighted by Crippen LogP contribution is 2.19. The molecule has 0 radical (unpaired) electrons. The van der Waals surface area contributed by atoms with Crippen LogP contribution >= 0.6 is 0 Å². The molecule has 1 saturated carbocycles. The minimum Gasteiger partial charge on any atom is -0.459 e. The molecule has 2 N–H and O–H groups in total. The number of hydrogen-bond acceptors (Lipinski definition) is 4. The maximum Gasteiger partial charge on any atom is 0.324 e. The normalized spacial score (nSPS) is 18.8. The fraction of sp³-hybridized carbons (Fsp3) is 0.900. The lowest BCUT2D eigenvalue weighted by atomic mass is 10.2. The molecule has 1 aliphatic rings. The van der Waals surface area contributed by atoms with Crippen LogP contribution in [0, 0.1) is 0 Å². The van der Waals surface area contributed by atoms with Crippen molar-refractivity contribution in [3.8, 4) is 0 Å². The minimum absolute atomic E-state index is 0.0123. The molecule has 0 bridgehead atoms. The van der Waals surface area contributed by atoms with Crippen molar-refractivity contribution < 1.29 is 17.9 Å². The van der Waals surface area contributed by atoms with Gasteiger partial charge in [-0.1, -0.05) is 0 Å². The smallest absolute Gasteiger partial charge is 0.324 e. The highest BCUT2D eigenvalue weighted by atomic mass is 32.2. The van der Waals surface area contributed by atoms with Crippen LogP contribution in [0.25, 0.3) is 0 Å². The molecule has 1 rings (SSSR count). The summed E-state index contributed by atoms with van der Waals surface area (Å²) < 4.78 is 32.8. The Morgan fingerprint density at radius 3 is 2.29 bits per heavy atom. The van der Waals surface area contributed by atoms with E-state index >= 15 is 0 Å². The van der Waals surface area contributed by atoms with E-state index in [0.29, 0.717) is 0 Å². The molecule has 6 nitrogen and oxygen atoms in total. The van der Waals surface area contributed by atoms with E-state index in [1.165, 1.54) is 6.92 Å². The van der Waals surface area contributed by atoms with Crippen molar-refractivity contribution in [1.29, 1.82) is 0 Å². The van der Waals surface area contributed by atoms with Crippen LogP contribution in [0.3, 0.4) is 0 Å². The Bertz CT molecular complexity index is 382. The quantitative estimate of drug-likeness (QED) is 0.700. The third kappa shape index (κ3) is 5.99. The van der Waals surface area contributed by atoms with Crippen molar-refractivity contribution in [3.63, 3.8) is 0 Å². The molecular weight excluding hydrogens is 244 g/mol. The van der Waals surface area contributed by atoms with E-state index in [1.54, 1.807) is 20.8 Å². The maximum atomic E-state index is 11.6. The summed E-state index contributed by atoms with van der Waals surface area (Å²) in [6.45, 7) is 6.65. The maximum absolute atomic E-state index is 11.6. The second kappa shape index (κ2) is 4.91. The van der Waals surface area contributed by atoms with Gasteiger partial charge < -0.3 is 4.74 Å². The highest BCUT2D eigenvalue weighted by molar-refractivity contribution is 7.87. The fourth-order valence-electron chi connectivity index (χ4n) is 1.13. The molecule has 0 saturated heterocycles. The second-order valence-electron chi connectivity index (χ2n) is 5.27. The lowest BCUT2D eigenvalue weighted by Crippen LogP contribution is -2.47. The summed E-state index contributed by atoms with van der Waals surface area (Å²) in [6, 6.07) is -0.885. The summed E-state index contributed by atoms with van der Waals surface area (Å²) in [6.07, 6.45) is 1.70. The molecule has 0 amide bonds. The molecule has 0 spiro atoms. The second-order valence-corrected chi connectivity index (χ2v) is 6.75. The number of rotatable bonds is 5. The van der Waals surface area contributed by atoms with Crippen molar-refractivity contribution in [2.24, 2.45) is 0 Å². The van der Waals surface area contributed by atoms with E-state index in [1.807, 2.05) is 0 Å². The largest absolute Gasteiger partial charge is 0.459 e. The zero-order valence-electron chi connectivity index (χ0n) is 10.6. The van der Waals surface area contributed by atoms with Gasteiger partial charge in [0, 0.05) is 6.04 Å². The van der Waals surface area contributed by atoms with Crippen molar-refractivity contribution in [1.82, 2.24) is 9.44 Å². The SMILES string of the molecule is C[C@@H](NS(=O)(=O)NC1CC1)C(=O)OC(C)(C)C. The van der Waals surface area contributed by atoms with Crippen molar-refractivity contribution in [3.05, 3.63) is 0 Å². The Morgan fingerprint density at radius 1 is 1.35 bits per heavy atom. The molecular formula is C10H20N2O4S. The van der Waals surface area contributed by atoms with Crippen molar-refractivity contribution in [2.45, 2.75) is 58.2 Å². The Morgan fingerprint density at radius 2 is 1.88 bits per heavy atom. The van der Waals surface area contributed by atoms with Gasteiger partial charge in [0.05, 0.1) is 0 Å². The number of hydrogen-bond donors (Lipinski definition) is 2. The monoisotopic (exact) mass is 264 g/mol. The van der Waals surface area contributed by atoms with Crippen LogP contribution in [0.15, 0.2) is 0 Å².